The average Bonchev–Trinajstić information content (AvgIpc) is 2.89. The van der Waals surface area contributed by atoms with Gasteiger partial charge in [0.25, 0.3) is 0 Å². The van der Waals surface area contributed by atoms with Crippen molar-refractivity contribution in [2.24, 2.45) is 5.92 Å². The fraction of sp³-hybridized carbons (Fsp3) is 0.933. The molecule has 0 aromatic heterocycles. The van der Waals surface area contributed by atoms with E-state index in [9.17, 15) is 13.2 Å². The Labute approximate surface area is 127 Å². The maximum atomic E-state index is 12.5. The van der Waals surface area contributed by atoms with Gasteiger partial charge in [0.05, 0.1) is 5.25 Å². The highest BCUT2D eigenvalue weighted by Crippen LogP contribution is 2.30. The van der Waals surface area contributed by atoms with Crippen LogP contribution < -0.4 is 4.72 Å². The van der Waals surface area contributed by atoms with Crippen molar-refractivity contribution in [2.45, 2.75) is 69.1 Å². The Hall–Kier alpha value is -0.620. The molecule has 1 saturated heterocycles. The van der Waals surface area contributed by atoms with Crippen LogP contribution in [0.3, 0.4) is 0 Å². The molecule has 1 amide bonds. The van der Waals surface area contributed by atoms with Crippen molar-refractivity contribution in [3.05, 3.63) is 0 Å². The van der Waals surface area contributed by atoms with Gasteiger partial charge in [-0.3, -0.25) is 4.79 Å². The van der Waals surface area contributed by atoms with Crippen molar-refractivity contribution in [3.8, 4) is 0 Å². The first-order chi connectivity index (χ1) is 10.1. The molecule has 0 spiro atoms. The van der Waals surface area contributed by atoms with E-state index in [1.807, 2.05) is 0 Å². The van der Waals surface area contributed by atoms with Gasteiger partial charge in [-0.15, -0.1) is 0 Å². The molecular formula is C15H26N2O3S. The van der Waals surface area contributed by atoms with E-state index < -0.39 is 15.3 Å². The number of rotatable bonds is 4. The lowest BCUT2D eigenvalue weighted by Crippen LogP contribution is -2.51. The number of nitrogens with zero attached hydrogens (tertiary/aromatic N) is 1. The Morgan fingerprint density at radius 1 is 0.952 bits per heavy atom. The predicted octanol–water partition coefficient (Wildman–Crippen LogP) is 1.64. The van der Waals surface area contributed by atoms with Crippen LogP contribution in [0.2, 0.25) is 0 Å². The third kappa shape index (κ3) is 3.42. The van der Waals surface area contributed by atoms with Crippen LogP contribution in [-0.4, -0.2) is 43.6 Å². The van der Waals surface area contributed by atoms with Crippen molar-refractivity contribution in [1.29, 1.82) is 0 Å². The number of amides is 1. The molecule has 120 valence electrons. The number of likely N-dealkylation sites (tertiary alicyclic amines) is 1. The SMILES string of the molecule is O=C(C1CCC1)N1CCC[C@@H](S(=O)(=O)NC2CCCC2)C1. The van der Waals surface area contributed by atoms with E-state index >= 15 is 0 Å². The smallest absolute Gasteiger partial charge is 0.225 e. The number of carbonyl (C=O) groups is 1. The molecule has 1 heterocycles. The molecule has 2 saturated carbocycles. The number of hydrogen-bond acceptors (Lipinski definition) is 3. The summed E-state index contributed by atoms with van der Waals surface area (Å²) < 4.78 is 27.9. The number of piperidine rings is 1. The molecule has 1 N–H and O–H groups in total. The van der Waals surface area contributed by atoms with Crippen LogP contribution in [0, 0.1) is 5.92 Å². The number of nitrogens with one attached hydrogen (secondary N) is 1. The van der Waals surface area contributed by atoms with Gasteiger partial charge in [0.2, 0.25) is 15.9 Å². The third-order valence-corrected chi connectivity index (χ3v) is 7.19. The molecule has 0 aromatic carbocycles. The zero-order valence-corrected chi connectivity index (χ0v) is 13.4. The highest BCUT2D eigenvalue weighted by atomic mass is 32.2. The molecule has 3 rings (SSSR count). The lowest BCUT2D eigenvalue weighted by atomic mass is 9.84. The highest BCUT2D eigenvalue weighted by Gasteiger charge is 2.37. The summed E-state index contributed by atoms with van der Waals surface area (Å²) in [5.74, 6) is 0.344. The standard InChI is InChI=1S/C15H26N2O3S/c18-15(12-5-3-6-12)17-10-4-9-14(11-17)21(19,20)16-13-7-1-2-8-13/h12-14,16H,1-11H2/t14-/m1/s1. The van der Waals surface area contributed by atoms with Crippen LogP contribution in [0.15, 0.2) is 0 Å². The van der Waals surface area contributed by atoms with Gasteiger partial charge in [0.1, 0.15) is 0 Å². The second-order valence-corrected chi connectivity index (χ2v) is 8.81. The quantitative estimate of drug-likeness (QED) is 0.858. The summed E-state index contributed by atoms with van der Waals surface area (Å²) >= 11 is 0. The second kappa shape index (κ2) is 6.24. The summed E-state index contributed by atoms with van der Waals surface area (Å²) in [6, 6.07) is 0.118. The van der Waals surface area contributed by atoms with Gasteiger partial charge in [0.15, 0.2) is 0 Å². The summed E-state index contributed by atoms with van der Waals surface area (Å²) in [5.41, 5.74) is 0. The Balaban J connectivity index is 1.60. The van der Waals surface area contributed by atoms with Gasteiger partial charge in [-0.2, -0.15) is 0 Å². The molecule has 1 atom stereocenters. The summed E-state index contributed by atoms with van der Waals surface area (Å²) in [5, 5.41) is -0.420. The monoisotopic (exact) mass is 314 g/mol. The van der Waals surface area contributed by atoms with Crippen molar-refractivity contribution in [2.75, 3.05) is 13.1 Å². The number of carbonyl (C=O) groups excluding carboxylic acids is 1. The van der Waals surface area contributed by atoms with Gasteiger partial charge in [-0.05, 0) is 38.5 Å². The van der Waals surface area contributed by atoms with Crippen LogP contribution in [-0.2, 0) is 14.8 Å². The average molecular weight is 314 g/mol. The van der Waals surface area contributed by atoms with Gasteiger partial charge in [0, 0.05) is 25.0 Å². The Morgan fingerprint density at radius 3 is 2.29 bits per heavy atom. The van der Waals surface area contributed by atoms with Gasteiger partial charge < -0.3 is 4.90 Å². The molecule has 0 aromatic rings. The minimum Gasteiger partial charge on any atom is -0.341 e. The summed E-state index contributed by atoms with van der Waals surface area (Å²) in [6.45, 7) is 1.11. The van der Waals surface area contributed by atoms with Gasteiger partial charge in [-0.1, -0.05) is 19.3 Å². The number of hydrogen-bond donors (Lipinski definition) is 1. The topological polar surface area (TPSA) is 66.5 Å². The van der Waals surface area contributed by atoms with E-state index in [-0.39, 0.29) is 17.9 Å². The zero-order valence-electron chi connectivity index (χ0n) is 12.6. The minimum atomic E-state index is -3.29. The molecule has 5 nitrogen and oxygen atoms in total. The van der Waals surface area contributed by atoms with Crippen molar-refractivity contribution in [3.63, 3.8) is 0 Å². The first-order valence-electron chi connectivity index (χ1n) is 8.36. The lowest BCUT2D eigenvalue weighted by molar-refractivity contribution is -0.138. The summed E-state index contributed by atoms with van der Waals surface area (Å²) in [6.07, 6.45) is 8.71. The Morgan fingerprint density at radius 2 is 1.67 bits per heavy atom. The summed E-state index contributed by atoms with van der Waals surface area (Å²) in [7, 11) is -3.29. The van der Waals surface area contributed by atoms with E-state index in [1.54, 1.807) is 4.90 Å². The molecular weight excluding hydrogens is 288 g/mol. The summed E-state index contributed by atoms with van der Waals surface area (Å²) in [4.78, 5) is 14.1. The Bertz CT molecular complexity index is 481. The molecule has 0 unspecified atom stereocenters. The van der Waals surface area contributed by atoms with Crippen molar-refractivity contribution in [1.82, 2.24) is 9.62 Å². The molecule has 6 heteroatoms. The second-order valence-electron chi connectivity index (χ2n) is 6.82. The first-order valence-corrected chi connectivity index (χ1v) is 9.91. The largest absolute Gasteiger partial charge is 0.341 e. The van der Waals surface area contributed by atoms with Crippen LogP contribution in [0.1, 0.15) is 57.8 Å². The van der Waals surface area contributed by atoms with E-state index in [0.717, 1.165) is 57.9 Å². The molecule has 2 aliphatic carbocycles. The Kier molecular flexibility index (Phi) is 4.54. The van der Waals surface area contributed by atoms with Crippen LogP contribution >= 0.6 is 0 Å². The lowest BCUT2D eigenvalue weighted by Gasteiger charge is -2.37. The molecule has 0 bridgehead atoms. The van der Waals surface area contributed by atoms with E-state index in [1.165, 1.54) is 0 Å². The van der Waals surface area contributed by atoms with Crippen molar-refractivity contribution < 1.29 is 13.2 Å². The molecule has 1 aliphatic heterocycles. The van der Waals surface area contributed by atoms with Crippen LogP contribution in [0.5, 0.6) is 0 Å². The fourth-order valence-corrected chi connectivity index (χ4v) is 5.42. The van der Waals surface area contributed by atoms with Crippen LogP contribution in [0.4, 0.5) is 0 Å². The molecule has 0 radical (unpaired) electrons. The van der Waals surface area contributed by atoms with Crippen molar-refractivity contribution >= 4 is 15.9 Å². The fourth-order valence-electron chi connectivity index (χ4n) is 3.68. The van der Waals surface area contributed by atoms with E-state index in [2.05, 4.69) is 4.72 Å². The number of sulfonamides is 1. The minimum absolute atomic E-state index is 0.118. The highest BCUT2D eigenvalue weighted by molar-refractivity contribution is 7.90. The van der Waals surface area contributed by atoms with E-state index in [0.29, 0.717) is 13.0 Å². The van der Waals surface area contributed by atoms with E-state index in [4.69, 9.17) is 0 Å². The molecule has 3 aliphatic rings. The molecule has 21 heavy (non-hydrogen) atoms. The maximum absolute atomic E-state index is 12.5. The van der Waals surface area contributed by atoms with Gasteiger partial charge >= 0.3 is 0 Å². The first kappa shape index (κ1) is 15.3. The predicted molar refractivity (Wildman–Crippen MR) is 81.3 cm³/mol. The zero-order chi connectivity index (χ0) is 14.9. The third-order valence-electron chi connectivity index (χ3n) is 5.27. The van der Waals surface area contributed by atoms with Gasteiger partial charge in [-0.25, -0.2) is 13.1 Å². The maximum Gasteiger partial charge on any atom is 0.225 e. The normalized spacial score (nSPS) is 28.6. The molecule has 3 fully saturated rings. The van der Waals surface area contributed by atoms with Crippen LogP contribution in [0.25, 0.3) is 0 Å².